The molecule has 0 bridgehead atoms. The maximum Gasteiger partial charge on any atom is 0.0702 e. The second-order valence-electron chi connectivity index (χ2n) is 3.69. The highest BCUT2D eigenvalue weighted by molar-refractivity contribution is 5.85. The van der Waals surface area contributed by atoms with Crippen molar-refractivity contribution in [3.63, 3.8) is 0 Å². The van der Waals surface area contributed by atoms with Gasteiger partial charge in [-0.3, -0.25) is 4.90 Å². The zero-order chi connectivity index (χ0) is 8.23. The van der Waals surface area contributed by atoms with Crippen molar-refractivity contribution in [3.05, 3.63) is 0 Å². The SMILES string of the molecule is C1COC(CN2CCNCC2)C1.Cl. The Kier molecular flexibility index (Phi) is 5.02. The molecule has 3 nitrogen and oxygen atoms in total. The lowest BCUT2D eigenvalue weighted by Crippen LogP contribution is -2.46. The summed E-state index contributed by atoms with van der Waals surface area (Å²) in [7, 11) is 0. The first-order valence-corrected chi connectivity index (χ1v) is 5.00. The first-order chi connectivity index (χ1) is 5.95. The molecule has 0 aromatic rings. The van der Waals surface area contributed by atoms with Crippen LogP contribution in [0.15, 0.2) is 0 Å². The van der Waals surface area contributed by atoms with Gasteiger partial charge < -0.3 is 10.1 Å². The molecule has 0 aromatic carbocycles. The van der Waals surface area contributed by atoms with E-state index < -0.39 is 0 Å². The zero-order valence-corrected chi connectivity index (χ0v) is 8.81. The van der Waals surface area contributed by atoms with Crippen LogP contribution in [-0.2, 0) is 4.74 Å². The second-order valence-corrected chi connectivity index (χ2v) is 3.69. The molecule has 1 unspecified atom stereocenters. The van der Waals surface area contributed by atoms with Crippen LogP contribution in [0.3, 0.4) is 0 Å². The number of piperazine rings is 1. The minimum atomic E-state index is 0. The minimum Gasteiger partial charge on any atom is -0.377 e. The number of hydrogen-bond acceptors (Lipinski definition) is 3. The molecule has 78 valence electrons. The number of nitrogens with one attached hydrogen (secondary N) is 1. The van der Waals surface area contributed by atoms with Crippen LogP contribution in [-0.4, -0.2) is 50.3 Å². The summed E-state index contributed by atoms with van der Waals surface area (Å²) in [5.41, 5.74) is 0. The summed E-state index contributed by atoms with van der Waals surface area (Å²) < 4.78 is 5.59. The smallest absolute Gasteiger partial charge is 0.0702 e. The molecule has 2 saturated heterocycles. The lowest BCUT2D eigenvalue weighted by molar-refractivity contribution is 0.0691. The molecule has 0 amide bonds. The van der Waals surface area contributed by atoms with Crippen LogP contribution in [0.4, 0.5) is 0 Å². The van der Waals surface area contributed by atoms with Crippen molar-refractivity contribution in [2.75, 3.05) is 39.3 Å². The van der Waals surface area contributed by atoms with E-state index >= 15 is 0 Å². The average Bonchev–Trinajstić information content (AvgIpc) is 2.59. The Hall–Kier alpha value is 0.170. The maximum absolute atomic E-state index is 5.59. The largest absolute Gasteiger partial charge is 0.377 e. The summed E-state index contributed by atoms with van der Waals surface area (Å²) >= 11 is 0. The molecule has 4 heteroatoms. The standard InChI is InChI=1S/C9H18N2O.ClH/c1-2-9(12-7-1)8-11-5-3-10-4-6-11;/h9-10H,1-8H2;1H. The predicted octanol–water partition coefficient (Wildman–Crippen LogP) is 0.492. The van der Waals surface area contributed by atoms with E-state index in [2.05, 4.69) is 10.2 Å². The Morgan fingerprint density at radius 2 is 2.08 bits per heavy atom. The molecular formula is C9H19ClN2O. The Labute approximate surface area is 86.2 Å². The molecule has 1 N–H and O–H groups in total. The van der Waals surface area contributed by atoms with Crippen LogP contribution < -0.4 is 5.32 Å². The summed E-state index contributed by atoms with van der Waals surface area (Å²) in [5, 5.41) is 3.36. The van der Waals surface area contributed by atoms with Crippen molar-refractivity contribution in [1.82, 2.24) is 10.2 Å². The molecule has 2 heterocycles. The van der Waals surface area contributed by atoms with Gasteiger partial charge in [-0.05, 0) is 12.8 Å². The van der Waals surface area contributed by atoms with Gasteiger partial charge in [0.1, 0.15) is 0 Å². The fraction of sp³-hybridized carbons (Fsp3) is 1.00. The van der Waals surface area contributed by atoms with Gasteiger partial charge in [-0.25, -0.2) is 0 Å². The summed E-state index contributed by atoms with van der Waals surface area (Å²) in [6, 6.07) is 0. The highest BCUT2D eigenvalue weighted by Crippen LogP contribution is 2.13. The average molecular weight is 207 g/mol. The van der Waals surface area contributed by atoms with Crippen molar-refractivity contribution in [1.29, 1.82) is 0 Å². The lowest BCUT2D eigenvalue weighted by atomic mass is 10.2. The fourth-order valence-corrected chi connectivity index (χ4v) is 1.97. The summed E-state index contributed by atoms with van der Waals surface area (Å²) in [6.45, 7) is 6.82. The summed E-state index contributed by atoms with van der Waals surface area (Å²) in [6.07, 6.45) is 3.06. The highest BCUT2D eigenvalue weighted by Gasteiger charge is 2.19. The van der Waals surface area contributed by atoms with Gasteiger partial charge in [-0.15, -0.1) is 12.4 Å². The third-order valence-electron chi connectivity index (χ3n) is 2.70. The number of hydrogen-bond donors (Lipinski definition) is 1. The van der Waals surface area contributed by atoms with Crippen molar-refractivity contribution in [2.24, 2.45) is 0 Å². The molecule has 2 rings (SSSR count). The van der Waals surface area contributed by atoms with Crippen molar-refractivity contribution >= 4 is 12.4 Å². The van der Waals surface area contributed by atoms with E-state index in [9.17, 15) is 0 Å². The minimum absolute atomic E-state index is 0. The van der Waals surface area contributed by atoms with Gasteiger partial charge in [0.25, 0.3) is 0 Å². The van der Waals surface area contributed by atoms with Gasteiger partial charge in [0.05, 0.1) is 6.10 Å². The van der Waals surface area contributed by atoms with E-state index in [0.717, 1.165) is 26.2 Å². The van der Waals surface area contributed by atoms with E-state index in [1.54, 1.807) is 0 Å². The normalized spacial score (nSPS) is 30.0. The van der Waals surface area contributed by atoms with Crippen LogP contribution >= 0.6 is 12.4 Å². The van der Waals surface area contributed by atoms with Crippen molar-refractivity contribution in [2.45, 2.75) is 18.9 Å². The van der Waals surface area contributed by atoms with Crippen LogP contribution in [0.2, 0.25) is 0 Å². The van der Waals surface area contributed by atoms with E-state index in [4.69, 9.17) is 4.74 Å². The molecule has 2 fully saturated rings. The molecule has 0 saturated carbocycles. The molecular weight excluding hydrogens is 188 g/mol. The molecule has 0 spiro atoms. The van der Waals surface area contributed by atoms with Crippen molar-refractivity contribution in [3.8, 4) is 0 Å². The molecule has 2 aliphatic rings. The third-order valence-corrected chi connectivity index (χ3v) is 2.70. The summed E-state index contributed by atoms with van der Waals surface area (Å²) in [4.78, 5) is 2.51. The van der Waals surface area contributed by atoms with Crippen LogP contribution in [0, 0.1) is 0 Å². The summed E-state index contributed by atoms with van der Waals surface area (Å²) in [5.74, 6) is 0. The monoisotopic (exact) mass is 206 g/mol. The number of rotatable bonds is 2. The van der Waals surface area contributed by atoms with Crippen LogP contribution in [0.1, 0.15) is 12.8 Å². The Morgan fingerprint density at radius 3 is 2.69 bits per heavy atom. The molecule has 0 radical (unpaired) electrons. The van der Waals surface area contributed by atoms with E-state index in [-0.39, 0.29) is 12.4 Å². The van der Waals surface area contributed by atoms with Gasteiger partial charge in [0.15, 0.2) is 0 Å². The van der Waals surface area contributed by atoms with Gasteiger partial charge in [0.2, 0.25) is 0 Å². The molecule has 0 aliphatic carbocycles. The predicted molar refractivity (Wildman–Crippen MR) is 55.5 cm³/mol. The van der Waals surface area contributed by atoms with Crippen LogP contribution in [0.5, 0.6) is 0 Å². The third kappa shape index (κ3) is 3.43. The second kappa shape index (κ2) is 5.81. The first kappa shape index (κ1) is 11.2. The molecule has 13 heavy (non-hydrogen) atoms. The Bertz CT molecular complexity index is 134. The fourth-order valence-electron chi connectivity index (χ4n) is 1.97. The van der Waals surface area contributed by atoms with Crippen LogP contribution in [0.25, 0.3) is 0 Å². The van der Waals surface area contributed by atoms with E-state index in [1.165, 1.54) is 25.9 Å². The highest BCUT2D eigenvalue weighted by atomic mass is 35.5. The van der Waals surface area contributed by atoms with Crippen molar-refractivity contribution < 1.29 is 4.74 Å². The Balaban J connectivity index is 0.000000845. The molecule has 0 aromatic heterocycles. The topological polar surface area (TPSA) is 24.5 Å². The van der Waals surface area contributed by atoms with E-state index in [0.29, 0.717) is 6.10 Å². The molecule has 2 aliphatic heterocycles. The zero-order valence-electron chi connectivity index (χ0n) is 8.00. The van der Waals surface area contributed by atoms with Gasteiger partial charge in [-0.1, -0.05) is 0 Å². The number of nitrogens with zero attached hydrogens (tertiary/aromatic N) is 1. The lowest BCUT2D eigenvalue weighted by Gasteiger charge is -2.29. The first-order valence-electron chi connectivity index (χ1n) is 5.00. The quantitative estimate of drug-likeness (QED) is 0.712. The number of ether oxygens (including phenoxy) is 1. The van der Waals surface area contributed by atoms with Gasteiger partial charge in [0, 0.05) is 39.3 Å². The number of halogens is 1. The van der Waals surface area contributed by atoms with E-state index in [1.807, 2.05) is 0 Å². The molecule has 1 atom stereocenters. The Morgan fingerprint density at radius 1 is 1.31 bits per heavy atom. The maximum atomic E-state index is 5.59. The van der Waals surface area contributed by atoms with Gasteiger partial charge in [-0.2, -0.15) is 0 Å². The van der Waals surface area contributed by atoms with Gasteiger partial charge >= 0.3 is 0 Å².